The van der Waals surface area contributed by atoms with E-state index in [-0.39, 0.29) is 12.4 Å². The zero-order chi connectivity index (χ0) is 28.5. The summed E-state index contributed by atoms with van der Waals surface area (Å²) in [4.78, 5) is 0. The quantitative estimate of drug-likeness (QED) is 0.297. The Morgan fingerprint density at radius 3 is 2.05 bits per heavy atom. The molecule has 0 amide bonds. The summed E-state index contributed by atoms with van der Waals surface area (Å²) in [5.41, 5.74) is 2.70. The SMILES string of the molecule is C=CCCC1CCC(C2CCC3CC(c4ccc(COc5ccc(C)c(F)c5F)cc4)CCC3C2)CC1.CCC. The Morgan fingerprint density at radius 1 is 0.775 bits per heavy atom. The maximum atomic E-state index is 14.1. The summed E-state index contributed by atoms with van der Waals surface area (Å²) >= 11 is 0. The van der Waals surface area contributed by atoms with Crippen molar-refractivity contribution < 1.29 is 13.5 Å². The van der Waals surface area contributed by atoms with Crippen molar-refractivity contribution in [1.82, 2.24) is 0 Å². The van der Waals surface area contributed by atoms with Gasteiger partial charge in [-0.2, -0.15) is 4.39 Å². The molecule has 3 fully saturated rings. The molecular formula is C37H52F2O. The second-order valence-corrected chi connectivity index (χ2v) is 13.0. The molecule has 2 aromatic carbocycles. The molecule has 2 aromatic rings. The van der Waals surface area contributed by atoms with Crippen molar-refractivity contribution in [2.75, 3.05) is 0 Å². The van der Waals surface area contributed by atoms with Crippen molar-refractivity contribution in [2.24, 2.45) is 29.6 Å². The zero-order valence-electron chi connectivity index (χ0n) is 25.3. The second-order valence-electron chi connectivity index (χ2n) is 13.0. The van der Waals surface area contributed by atoms with Crippen LogP contribution < -0.4 is 4.74 Å². The summed E-state index contributed by atoms with van der Waals surface area (Å²) in [6.45, 7) is 9.94. The zero-order valence-corrected chi connectivity index (χ0v) is 25.3. The Labute approximate surface area is 242 Å². The minimum absolute atomic E-state index is 0.0261. The fraction of sp³-hybridized carbons (Fsp3) is 0.622. The minimum atomic E-state index is -0.903. The van der Waals surface area contributed by atoms with E-state index >= 15 is 0 Å². The molecular weight excluding hydrogens is 498 g/mol. The third-order valence-corrected chi connectivity index (χ3v) is 10.1. The van der Waals surface area contributed by atoms with Crippen LogP contribution in [0.2, 0.25) is 0 Å². The highest BCUT2D eigenvalue weighted by Gasteiger charge is 2.39. The molecule has 40 heavy (non-hydrogen) atoms. The van der Waals surface area contributed by atoms with Crippen LogP contribution in [0, 0.1) is 48.1 Å². The third-order valence-electron chi connectivity index (χ3n) is 10.1. The van der Waals surface area contributed by atoms with Gasteiger partial charge in [-0.25, -0.2) is 4.39 Å². The van der Waals surface area contributed by atoms with E-state index in [0.717, 1.165) is 35.2 Å². The van der Waals surface area contributed by atoms with E-state index in [0.29, 0.717) is 11.5 Å². The number of aryl methyl sites for hydroxylation is 1. The molecule has 0 spiro atoms. The van der Waals surface area contributed by atoms with Gasteiger partial charge in [0.2, 0.25) is 5.82 Å². The fourth-order valence-corrected chi connectivity index (χ4v) is 7.75. The van der Waals surface area contributed by atoms with Crippen LogP contribution in [0.1, 0.15) is 120 Å². The topological polar surface area (TPSA) is 9.23 Å². The number of ether oxygens (including phenoxy) is 1. The first-order valence-electron chi connectivity index (χ1n) is 16.2. The summed E-state index contributed by atoms with van der Waals surface area (Å²) in [6.07, 6.45) is 20.1. The van der Waals surface area contributed by atoms with Crippen LogP contribution >= 0.6 is 0 Å². The first-order chi connectivity index (χ1) is 19.4. The first-order valence-corrected chi connectivity index (χ1v) is 16.2. The number of rotatable bonds is 8. The molecule has 220 valence electrons. The number of fused-ring (bicyclic) bond motifs is 1. The van der Waals surface area contributed by atoms with E-state index in [1.807, 2.05) is 0 Å². The van der Waals surface area contributed by atoms with Crippen LogP contribution in [0.5, 0.6) is 5.75 Å². The molecule has 4 unspecified atom stereocenters. The minimum Gasteiger partial charge on any atom is -0.486 e. The van der Waals surface area contributed by atoms with E-state index in [9.17, 15) is 8.78 Å². The number of hydrogen-bond donors (Lipinski definition) is 0. The van der Waals surface area contributed by atoms with Gasteiger partial charge in [0.15, 0.2) is 11.6 Å². The van der Waals surface area contributed by atoms with E-state index in [4.69, 9.17) is 4.74 Å². The Balaban J connectivity index is 0.00000118. The molecule has 0 radical (unpaired) electrons. The van der Waals surface area contributed by atoms with Gasteiger partial charge in [0.1, 0.15) is 6.61 Å². The highest BCUT2D eigenvalue weighted by atomic mass is 19.2. The standard InChI is InChI=1S/C34H44F2O.C3H8/c1-3-4-5-24-7-11-26(12-8-24)28-15-17-31-21-29(16-18-30(31)20-28)27-13-9-25(10-14-27)22-37-32-19-6-23(2)33(35)34(32)36;1-3-2/h3,6,9-10,13-14,19,24,26,28-31H,1,4-5,7-8,11-12,15-18,20-22H2,2H3;3H2,1-2H3. The molecule has 0 N–H and O–H groups in total. The number of allylic oxidation sites excluding steroid dienone is 1. The van der Waals surface area contributed by atoms with Gasteiger partial charge < -0.3 is 4.74 Å². The van der Waals surface area contributed by atoms with Gasteiger partial charge >= 0.3 is 0 Å². The lowest BCUT2D eigenvalue weighted by Crippen LogP contribution is -2.34. The Kier molecular flexibility index (Phi) is 11.7. The molecule has 0 bridgehead atoms. The monoisotopic (exact) mass is 550 g/mol. The molecule has 0 aromatic heterocycles. The van der Waals surface area contributed by atoms with E-state index < -0.39 is 11.6 Å². The number of hydrogen-bond acceptors (Lipinski definition) is 1. The lowest BCUT2D eigenvalue weighted by Gasteiger charge is -2.45. The second kappa shape index (κ2) is 15.2. The van der Waals surface area contributed by atoms with Crippen LogP contribution in [0.15, 0.2) is 49.1 Å². The summed E-state index contributed by atoms with van der Waals surface area (Å²) in [6, 6.07) is 11.7. The van der Waals surface area contributed by atoms with Crippen LogP contribution in [-0.4, -0.2) is 0 Å². The molecule has 3 heteroatoms. The predicted molar refractivity (Wildman–Crippen MR) is 164 cm³/mol. The van der Waals surface area contributed by atoms with Crippen molar-refractivity contribution in [1.29, 1.82) is 0 Å². The van der Waals surface area contributed by atoms with Crippen LogP contribution in [0.25, 0.3) is 0 Å². The number of benzene rings is 2. The molecule has 3 aliphatic rings. The van der Waals surface area contributed by atoms with Crippen molar-refractivity contribution >= 4 is 0 Å². The van der Waals surface area contributed by atoms with E-state index in [1.165, 1.54) is 95.1 Å². The van der Waals surface area contributed by atoms with Crippen LogP contribution in [0.3, 0.4) is 0 Å². The average Bonchev–Trinajstić information content (AvgIpc) is 2.99. The Bertz CT molecular complexity index is 1050. The molecule has 0 saturated heterocycles. The maximum Gasteiger partial charge on any atom is 0.200 e. The molecule has 3 aliphatic carbocycles. The number of halogens is 2. The van der Waals surface area contributed by atoms with Gasteiger partial charge in [-0.15, -0.1) is 6.58 Å². The van der Waals surface area contributed by atoms with Gasteiger partial charge in [0.05, 0.1) is 0 Å². The summed E-state index contributed by atoms with van der Waals surface area (Å²) in [5.74, 6) is 3.63. The van der Waals surface area contributed by atoms with E-state index in [1.54, 1.807) is 13.0 Å². The smallest absolute Gasteiger partial charge is 0.200 e. The van der Waals surface area contributed by atoms with Gasteiger partial charge in [0.25, 0.3) is 0 Å². The Hall–Kier alpha value is -2.16. The molecule has 5 rings (SSSR count). The van der Waals surface area contributed by atoms with Crippen LogP contribution in [0.4, 0.5) is 8.78 Å². The summed E-state index contributed by atoms with van der Waals surface area (Å²) in [7, 11) is 0. The lowest BCUT2D eigenvalue weighted by atomic mass is 9.60. The highest BCUT2D eigenvalue weighted by molar-refractivity contribution is 5.31. The lowest BCUT2D eigenvalue weighted by molar-refractivity contribution is 0.0713. The summed E-state index contributed by atoms with van der Waals surface area (Å²) in [5, 5.41) is 0. The molecule has 4 atom stereocenters. The van der Waals surface area contributed by atoms with Gasteiger partial charge in [-0.05, 0) is 129 Å². The van der Waals surface area contributed by atoms with Gasteiger partial charge in [0, 0.05) is 0 Å². The molecule has 0 heterocycles. The molecule has 1 nitrogen and oxygen atoms in total. The van der Waals surface area contributed by atoms with Crippen LogP contribution in [-0.2, 0) is 6.61 Å². The van der Waals surface area contributed by atoms with Crippen molar-refractivity contribution in [3.63, 3.8) is 0 Å². The summed E-state index contributed by atoms with van der Waals surface area (Å²) < 4.78 is 33.5. The van der Waals surface area contributed by atoms with Crippen molar-refractivity contribution in [3.05, 3.63) is 77.4 Å². The van der Waals surface area contributed by atoms with Crippen molar-refractivity contribution in [3.8, 4) is 5.75 Å². The third kappa shape index (κ3) is 7.98. The van der Waals surface area contributed by atoms with Gasteiger partial charge in [-0.1, -0.05) is 69.5 Å². The molecule has 3 saturated carbocycles. The van der Waals surface area contributed by atoms with Crippen molar-refractivity contribution in [2.45, 2.75) is 117 Å². The van der Waals surface area contributed by atoms with Gasteiger partial charge in [-0.3, -0.25) is 0 Å². The first kappa shape index (κ1) is 30.8. The Morgan fingerprint density at radius 2 is 1.38 bits per heavy atom. The normalized spacial score (nSPS) is 28.1. The predicted octanol–water partition coefficient (Wildman–Crippen LogP) is 11.3. The average molecular weight is 551 g/mol. The maximum absolute atomic E-state index is 14.1. The highest BCUT2D eigenvalue weighted by Crippen LogP contribution is 2.51. The fourth-order valence-electron chi connectivity index (χ4n) is 7.75. The molecule has 0 aliphatic heterocycles. The van der Waals surface area contributed by atoms with E-state index in [2.05, 4.69) is 50.8 Å². The largest absolute Gasteiger partial charge is 0.486 e.